The Balaban J connectivity index is 1.91. The van der Waals surface area contributed by atoms with Crippen molar-refractivity contribution in [3.8, 4) is 10.8 Å². The van der Waals surface area contributed by atoms with Gasteiger partial charge in [0.25, 0.3) is 11.8 Å². The number of allylic oxidation sites excluding steroid dienone is 1. The van der Waals surface area contributed by atoms with Crippen LogP contribution in [0.2, 0.25) is 0 Å². The normalized spacial score (nSPS) is 13.1. The lowest BCUT2D eigenvalue weighted by molar-refractivity contribution is 0.0939. The number of hydrogen-bond donors (Lipinski definition) is 5. The first-order valence-corrected chi connectivity index (χ1v) is 9.64. The highest BCUT2D eigenvalue weighted by atomic mass is 32.1. The number of thiol groups is 1. The van der Waals surface area contributed by atoms with E-state index < -0.39 is 11.8 Å². The molecule has 28 heavy (non-hydrogen) atoms. The van der Waals surface area contributed by atoms with E-state index in [0.29, 0.717) is 39.0 Å². The number of carbonyl (C=O) groups is 2. The number of primary amides is 1. The maximum atomic E-state index is 11.8. The number of amides is 2. The Bertz CT molecular complexity index is 967. The third-order valence-corrected chi connectivity index (χ3v) is 5.77. The lowest BCUT2D eigenvalue weighted by Crippen LogP contribution is -2.27. The van der Waals surface area contributed by atoms with E-state index in [1.807, 2.05) is 0 Å². The molecule has 0 saturated heterocycles. The molecule has 2 aromatic heterocycles. The fraction of sp³-hybridized carbons (Fsp3) is 0.222. The van der Waals surface area contributed by atoms with Gasteiger partial charge >= 0.3 is 0 Å². The Morgan fingerprint density at radius 3 is 2.82 bits per heavy atom. The van der Waals surface area contributed by atoms with Gasteiger partial charge in [0.05, 0.1) is 17.7 Å². The number of fused-ring (bicyclic) bond motifs is 1. The van der Waals surface area contributed by atoms with Gasteiger partial charge in [-0.25, -0.2) is 4.98 Å². The number of nitrogens with two attached hydrogens (primary N) is 1. The van der Waals surface area contributed by atoms with E-state index in [-0.39, 0.29) is 18.8 Å². The Morgan fingerprint density at radius 2 is 2.21 bits per heavy atom. The second-order valence-electron chi connectivity index (χ2n) is 5.92. The summed E-state index contributed by atoms with van der Waals surface area (Å²) in [6.07, 6.45) is 3.82. The third-order valence-electron chi connectivity index (χ3n) is 4.13. The number of carbonyl (C=O) groups excluding carboxylic acids is 2. The highest BCUT2D eigenvalue weighted by Crippen LogP contribution is 2.47. The van der Waals surface area contributed by atoms with E-state index in [1.54, 1.807) is 6.07 Å². The number of aliphatic hydroxyl groups is 1. The highest BCUT2D eigenvalue weighted by molar-refractivity contribution is 7.90. The summed E-state index contributed by atoms with van der Waals surface area (Å²) in [5, 5.41) is 19.2. The van der Waals surface area contributed by atoms with Crippen molar-refractivity contribution in [3.05, 3.63) is 45.6 Å². The standard InChI is InChI=1S/C18H18N4O4S2/c19-7-9-1-3-11-13(14(9)27)18(28-15(11)16(20)24)26-10-2-4-12(22-8-10)17(25)21-5-6-23/h2,4,7-8,19,23,27H,1,3,5-6H2,(H2,20,24)(H,21,25). The second kappa shape index (κ2) is 8.55. The van der Waals surface area contributed by atoms with Gasteiger partial charge in [0.1, 0.15) is 11.4 Å². The maximum absolute atomic E-state index is 11.8. The van der Waals surface area contributed by atoms with Crippen LogP contribution in [-0.4, -0.2) is 41.3 Å². The third kappa shape index (κ3) is 3.93. The monoisotopic (exact) mass is 418 g/mol. The molecule has 0 unspecified atom stereocenters. The molecule has 0 radical (unpaired) electrons. The van der Waals surface area contributed by atoms with Crippen molar-refractivity contribution in [2.45, 2.75) is 12.8 Å². The topological polar surface area (TPSA) is 138 Å². The lowest BCUT2D eigenvalue weighted by Gasteiger charge is -2.17. The van der Waals surface area contributed by atoms with Gasteiger partial charge in [0, 0.05) is 23.2 Å². The fourth-order valence-corrected chi connectivity index (χ4v) is 4.38. The predicted molar refractivity (Wildman–Crippen MR) is 110 cm³/mol. The highest BCUT2D eigenvalue weighted by Gasteiger charge is 2.28. The summed E-state index contributed by atoms with van der Waals surface area (Å²) < 4.78 is 5.91. The van der Waals surface area contributed by atoms with E-state index in [4.69, 9.17) is 21.0 Å². The van der Waals surface area contributed by atoms with Crippen LogP contribution in [0.4, 0.5) is 0 Å². The van der Waals surface area contributed by atoms with E-state index in [9.17, 15) is 9.59 Å². The van der Waals surface area contributed by atoms with Crippen LogP contribution in [0.1, 0.15) is 37.7 Å². The van der Waals surface area contributed by atoms with Crippen LogP contribution in [0.25, 0.3) is 4.91 Å². The van der Waals surface area contributed by atoms with Crippen molar-refractivity contribution in [1.29, 1.82) is 5.41 Å². The molecular formula is C18H18N4O4S2. The summed E-state index contributed by atoms with van der Waals surface area (Å²) in [4.78, 5) is 28.7. The molecule has 2 amide bonds. The fourth-order valence-electron chi connectivity index (χ4n) is 2.81. The van der Waals surface area contributed by atoms with Gasteiger partial charge in [-0.1, -0.05) is 11.3 Å². The van der Waals surface area contributed by atoms with E-state index in [1.165, 1.54) is 18.5 Å². The molecule has 10 heteroatoms. The zero-order chi connectivity index (χ0) is 20.3. The van der Waals surface area contributed by atoms with Crippen molar-refractivity contribution in [2.24, 2.45) is 5.73 Å². The molecule has 8 nitrogen and oxygen atoms in total. The second-order valence-corrected chi connectivity index (χ2v) is 7.35. The van der Waals surface area contributed by atoms with Gasteiger partial charge in [-0.3, -0.25) is 9.59 Å². The van der Waals surface area contributed by atoms with Crippen LogP contribution in [0.3, 0.4) is 0 Å². The zero-order valence-corrected chi connectivity index (χ0v) is 16.4. The van der Waals surface area contributed by atoms with Crippen molar-refractivity contribution in [1.82, 2.24) is 10.3 Å². The van der Waals surface area contributed by atoms with E-state index in [0.717, 1.165) is 22.5 Å². The molecule has 1 aliphatic carbocycles. The minimum Gasteiger partial charge on any atom is -0.444 e. The molecular weight excluding hydrogens is 400 g/mol. The molecule has 2 heterocycles. The number of aliphatic hydroxyl groups excluding tert-OH is 1. The van der Waals surface area contributed by atoms with Crippen molar-refractivity contribution in [2.75, 3.05) is 13.2 Å². The average Bonchev–Trinajstić information content (AvgIpc) is 3.06. The molecule has 0 saturated carbocycles. The van der Waals surface area contributed by atoms with Gasteiger partial charge in [-0.2, -0.15) is 0 Å². The number of hydrogen-bond acceptors (Lipinski definition) is 8. The van der Waals surface area contributed by atoms with E-state index >= 15 is 0 Å². The minimum atomic E-state index is -0.537. The van der Waals surface area contributed by atoms with Crippen molar-refractivity contribution in [3.63, 3.8) is 0 Å². The van der Waals surface area contributed by atoms with Gasteiger partial charge in [0.2, 0.25) is 0 Å². The first kappa shape index (κ1) is 20.1. The van der Waals surface area contributed by atoms with Crippen LogP contribution in [-0.2, 0) is 6.42 Å². The largest absolute Gasteiger partial charge is 0.444 e. The van der Waals surface area contributed by atoms with Crippen LogP contribution >= 0.6 is 24.0 Å². The molecule has 0 aliphatic heterocycles. The molecule has 0 spiro atoms. The summed E-state index contributed by atoms with van der Waals surface area (Å²) in [7, 11) is 0. The number of aromatic nitrogens is 1. The molecule has 0 aromatic carbocycles. The van der Waals surface area contributed by atoms with Crippen molar-refractivity contribution >= 4 is 46.9 Å². The summed E-state index contributed by atoms with van der Waals surface area (Å²) >= 11 is 5.65. The molecule has 0 fully saturated rings. The number of ether oxygens (including phenoxy) is 1. The van der Waals surface area contributed by atoms with Crippen LogP contribution in [0.15, 0.2) is 23.9 Å². The minimum absolute atomic E-state index is 0.141. The first-order valence-electron chi connectivity index (χ1n) is 8.37. The SMILES string of the molecule is N=CC1=C(S)c2c(Oc3ccc(C(=O)NCCO)nc3)sc(C(N)=O)c2CC1. The summed E-state index contributed by atoms with van der Waals surface area (Å²) in [6, 6.07) is 3.08. The summed E-state index contributed by atoms with van der Waals surface area (Å²) in [5.41, 5.74) is 7.88. The number of pyridine rings is 1. The van der Waals surface area contributed by atoms with Gasteiger partial charge in [0.15, 0.2) is 5.06 Å². The predicted octanol–water partition coefficient (Wildman–Crippen LogP) is 1.99. The summed E-state index contributed by atoms with van der Waals surface area (Å²) in [5.74, 6) is -0.562. The summed E-state index contributed by atoms with van der Waals surface area (Å²) in [6.45, 7) is -0.0155. The Hall–Kier alpha value is -2.69. The van der Waals surface area contributed by atoms with Gasteiger partial charge in [-0.05, 0) is 36.1 Å². The van der Waals surface area contributed by atoms with Crippen LogP contribution < -0.4 is 15.8 Å². The number of rotatable bonds is 7. The first-order chi connectivity index (χ1) is 13.5. The Kier molecular flexibility index (Phi) is 6.12. The Labute approximate surface area is 170 Å². The molecule has 146 valence electrons. The molecule has 2 aromatic rings. The smallest absolute Gasteiger partial charge is 0.269 e. The van der Waals surface area contributed by atoms with E-state index in [2.05, 4.69) is 22.9 Å². The molecule has 5 N–H and O–H groups in total. The quantitative estimate of drug-likeness (QED) is 0.346. The zero-order valence-electron chi connectivity index (χ0n) is 14.7. The van der Waals surface area contributed by atoms with Gasteiger partial charge in [-0.15, -0.1) is 12.6 Å². The van der Waals surface area contributed by atoms with Crippen molar-refractivity contribution < 1.29 is 19.4 Å². The number of nitrogens with zero attached hydrogens (tertiary/aromatic N) is 1. The Morgan fingerprint density at radius 1 is 1.43 bits per heavy atom. The van der Waals surface area contributed by atoms with Gasteiger partial charge < -0.3 is 26.3 Å². The lowest BCUT2D eigenvalue weighted by atomic mass is 9.93. The van der Waals surface area contributed by atoms with Crippen LogP contribution in [0, 0.1) is 5.41 Å². The number of nitrogens with one attached hydrogen (secondary N) is 2. The maximum Gasteiger partial charge on any atom is 0.269 e. The molecule has 3 rings (SSSR count). The average molecular weight is 419 g/mol. The molecule has 0 bridgehead atoms. The molecule has 0 atom stereocenters. The molecule has 1 aliphatic rings. The number of thiophene rings is 1. The van der Waals surface area contributed by atoms with Crippen LogP contribution in [0.5, 0.6) is 10.8 Å².